The fraction of sp³-hybridized carbons (Fsp3) is 0.333. The summed E-state index contributed by atoms with van der Waals surface area (Å²) >= 11 is 0. The number of nitrogens with one attached hydrogen (secondary N) is 3. The summed E-state index contributed by atoms with van der Waals surface area (Å²) in [4.78, 5) is 17.2. The minimum Gasteiger partial charge on any atom is -0.380 e. The number of fused-ring (bicyclic) bond motifs is 1. The number of amides is 1. The van der Waals surface area contributed by atoms with E-state index in [1.165, 1.54) is 24.3 Å². The third-order valence-corrected chi connectivity index (χ3v) is 9.87. The molecule has 2 saturated heterocycles. The van der Waals surface area contributed by atoms with Crippen LogP contribution >= 0.6 is 0 Å². The molecule has 220 valence electrons. The second-order valence-corrected chi connectivity index (χ2v) is 12.9. The van der Waals surface area contributed by atoms with Crippen LogP contribution in [0.2, 0.25) is 0 Å². The number of aromatic amines is 1. The van der Waals surface area contributed by atoms with E-state index in [0.29, 0.717) is 33.4 Å². The highest BCUT2D eigenvalue weighted by atomic mass is 32.2. The molecule has 6 rings (SSSR count). The summed E-state index contributed by atoms with van der Waals surface area (Å²) in [5.41, 5.74) is 9.53. The van der Waals surface area contributed by atoms with Gasteiger partial charge in [0, 0.05) is 49.8 Å². The summed E-state index contributed by atoms with van der Waals surface area (Å²) in [7, 11) is -1.93. The quantitative estimate of drug-likeness (QED) is 0.257. The molecule has 1 unspecified atom stereocenters. The molecule has 3 heterocycles. The van der Waals surface area contributed by atoms with Crippen LogP contribution in [-0.2, 0) is 9.84 Å². The van der Waals surface area contributed by atoms with Gasteiger partial charge in [-0.05, 0) is 75.0 Å². The van der Waals surface area contributed by atoms with Crippen LogP contribution in [0.4, 0.5) is 15.8 Å². The first-order valence-electron chi connectivity index (χ1n) is 14.1. The molecule has 42 heavy (non-hydrogen) atoms. The monoisotopic (exact) mass is 591 g/mol. The van der Waals surface area contributed by atoms with Gasteiger partial charge in [-0.1, -0.05) is 6.07 Å². The molecule has 1 amide bonds. The Kier molecular flexibility index (Phi) is 7.60. The number of piperidine rings is 1. The Morgan fingerprint density at radius 3 is 2.57 bits per heavy atom. The topological polar surface area (TPSA) is 136 Å². The zero-order valence-corrected chi connectivity index (χ0v) is 24.2. The van der Waals surface area contributed by atoms with Gasteiger partial charge in [0.25, 0.3) is 5.91 Å². The maximum absolute atomic E-state index is 14.0. The van der Waals surface area contributed by atoms with Crippen LogP contribution in [0.1, 0.15) is 23.2 Å². The number of nitrogens with zero attached hydrogens (tertiary/aromatic N) is 3. The molecular weight excluding hydrogens is 557 g/mol. The SMILES string of the molecule is CN1CCN(c2ccc(C(N)=O)c(NC3CCCNC3)c2-c2n[nH]c3ccc(S(=O)(=O)c4cccc(F)c4)cc23)CC1. The number of nitrogens with two attached hydrogens (primary N) is 1. The molecule has 5 N–H and O–H groups in total. The van der Waals surface area contributed by atoms with Crippen LogP contribution in [0, 0.1) is 5.82 Å². The van der Waals surface area contributed by atoms with Crippen molar-refractivity contribution in [3.63, 3.8) is 0 Å². The zero-order chi connectivity index (χ0) is 29.4. The molecule has 0 saturated carbocycles. The van der Waals surface area contributed by atoms with E-state index in [2.05, 4.69) is 37.7 Å². The number of aromatic nitrogens is 2. The Hall–Kier alpha value is -4.00. The van der Waals surface area contributed by atoms with Crippen molar-refractivity contribution in [1.82, 2.24) is 20.4 Å². The van der Waals surface area contributed by atoms with Gasteiger partial charge in [0.05, 0.1) is 32.1 Å². The molecule has 2 fully saturated rings. The number of primary amides is 1. The number of hydrogen-bond donors (Lipinski definition) is 4. The number of hydrogen-bond acceptors (Lipinski definition) is 8. The molecule has 1 atom stereocenters. The molecular formula is C30H34FN7O3S. The third-order valence-electron chi connectivity index (χ3n) is 8.13. The molecule has 3 aromatic carbocycles. The lowest BCUT2D eigenvalue weighted by Crippen LogP contribution is -2.45. The highest BCUT2D eigenvalue weighted by Gasteiger charge is 2.28. The van der Waals surface area contributed by atoms with Crippen molar-refractivity contribution in [2.45, 2.75) is 28.7 Å². The number of piperazine rings is 1. The predicted octanol–water partition coefficient (Wildman–Crippen LogP) is 3.22. The smallest absolute Gasteiger partial charge is 0.250 e. The summed E-state index contributed by atoms with van der Waals surface area (Å²) in [6.07, 6.45) is 1.91. The lowest BCUT2D eigenvalue weighted by Gasteiger charge is -2.36. The second-order valence-electron chi connectivity index (χ2n) is 11.0. The first-order chi connectivity index (χ1) is 20.2. The molecule has 2 aliphatic rings. The lowest BCUT2D eigenvalue weighted by atomic mass is 9.96. The average Bonchev–Trinajstić information content (AvgIpc) is 3.41. The molecule has 0 bridgehead atoms. The standard InChI is InChI=1S/C30H34FN7O3S/c1-37-12-14-38(15-13-37)26-10-8-23(30(32)39)28(34-20-5-3-11-33-18-20)27(26)29-24-17-22(7-9-25(24)35-36-29)42(40,41)21-6-2-4-19(31)16-21/h2,4,6-10,16-17,20,33-34H,3,5,11-15,18H2,1H3,(H2,32,39)(H,35,36). The average molecular weight is 592 g/mol. The Morgan fingerprint density at radius 1 is 1.07 bits per heavy atom. The van der Waals surface area contributed by atoms with Crippen LogP contribution < -0.4 is 21.3 Å². The number of likely N-dealkylation sites (N-methyl/N-ethyl adjacent to an activating group) is 1. The van der Waals surface area contributed by atoms with E-state index < -0.39 is 21.6 Å². The number of anilines is 2. The van der Waals surface area contributed by atoms with Crippen LogP contribution in [0.5, 0.6) is 0 Å². The maximum Gasteiger partial charge on any atom is 0.250 e. The van der Waals surface area contributed by atoms with Crippen LogP contribution in [0.15, 0.2) is 64.4 Å². The van der Waals surface area contributed by atoms with Gasteiger partial charge < -0.3 is 26.2 Å². The highest BCUT2D eigenvalue weighted by Crippen LogP contribution is 2.43. The Bertz CT molecular complexity index is 1740. The van der Waals surface area contributed by atoms with Gasteiger partial charge in [-0.2, -0.15) is 5.10 Å². The van der Waals surface area contributed by atoms with Crippen LogP contribution in [0.25, 0.3) is 22.2 Å². The fourth-order valence-electron chi connectivity index (χ4n) is 5.80. The number of halogens is 1. The maximum atomic E-state index is 14.0. The van der Waals surface area contributed by atoms with Gasteiger partial charge in [-0.3, -0.25) is 9.89 Å². The number of carbonyl (C=O) groups excluding carboxylic acids is 1. The summed E-state index contributed by atoms with van der Waals surface area (Å²) < 4.78 is 41.0. The largest absolute Gasteiger partial charge is 0.380 e. The van der Waals surface area contributed by atoms with E-state index in [4.69, 9.17) is 5.73 Å². The van der Waals surface area contributed by atoms with Crippen molar-refractivity contribution >= 4 is 38.0 Å². The summed E-state index contributed by atoms with van der Waals surface area (Å²) in [6, 6.07) is 13.4. The molecule has 12 heteroatoms. The van der Waals surface area contributed by atoms with Crippen molar-refractivity contribution in [2.24, 2.45) is 5.73 Å². The van der Waals surface area contributed by atoms with Gasteiger partial charge >= 0.3 is 0 Å². The number of rotatable bonds is 7. The molecule has 10 nitrogen and oxygen atoms in total. The minimum atomic E-state index is -4.02. The fourth-order valence-corrected chi connectivity index (χ4v) is 7.12. The van der Waals surface area contributed by atoms with Crippen molar-refractivity contribution in [2.75, 3.05) is 56.5 Å². The van der Waals surface area contributed by atoms with Gasteiger partial charge in [0.1, 0.15) is 11.5 Å². The molecule has 4 aromatic rings. The first-order valence-corrected chi connectivity index (χ1v) is 15.6. The Labute approximate surface area is 244 Å². The summed E-state index contributed by atoms with van der Waals surface area (Å²) in [6.45, 7) is 4.93. The first kappa shape index (κ1) is 28.1. The lowest BCUT2D eigenvalue weighted by molar-refractivity contribution is 0.100. The van der Waals surface area contributed by atoms with Crippen LogP contribution in [0.3, 0.4) is 0 Å². The van der Waals surface area contributed by atoms with Crippen molar-refractivity contribution in [3.05, 3.63) is 66.0 Å². The van der Waals surface area contributed by atoms with Crippen LogP contribution in [-0.4, -0.2) is 81.8 Å². The highest BCUT2D eigenvalue weighted by molar-refractivity contribution is 7.91. The summed E-state index contributed by atoms with van der Waals surface area (Å²) in [5, 5.41) is 15.3. The number of H-pyrrole nitrogens is 1. The van der Waals surface area contributed by atoms with E-state index in [0.717, 1.165) is 63.9 Å². The molecule has 2 aliphatic heterocycles. The number of carbonyl (C=O) groups is 1. The van der Waals surface area contributed by atoms with Crippen molar-refractivity contribution in [3.8, 4) is 11.3 Å². The molecule has 1 aromatic heterocycles. The number of sulfone groups is 1. The molecule has 0 spiro atoms. The van der Waals surface area contributed by atoms with Crippen molar-refractivity contribution < 1.29 is 17.6 Å². The predicted molar refractivity (Wildman–Crippen MR) is 161 cm³/mol. The van der Waals surface area contributed by atoms with Crippen molar-refractivity contribution in [1.29, 1.82) is 0 Å². The molecule has 0 aliphatic carbocycles. The van der Waals surface area contributed by atoms with E-state index in [-0.39, 0.29) is 15.8 Å². The summed E-state index contributed by atoms with van der Waals surface area (Å²) in [5.74, 6) is -1.20. The number of benzene rings is 3. The van der Waals surface area contributed by atoms with Gasteiger partial charge in [0.15, 0.2) is 0 Å². The van der Waals surface area contributed by atoms with Gasteiger partial charge in [-0.25, -0.2) is 12.8 Å². The zero-order valence-electron chi connectivity index (χ0n) is 23.4. The van der Waals surface area contributed by atoms with E-state index in [1.807, 2.05) is 6.07 Å². The Balaban J connectivity index is 1.56. The minimum absolute atomic E-state index is 0.0152. The second kappa shape index (κ2) is 11.3. The van der Waals surface area contributed by atoms with Gasteiger partial charge in [-0.15, -0.1) is 0 Å². The van der Waals surface area contributed by atoms with E-state index in [1.54, 1.807) is 18.2 Å². The normalized spacial score (nSPS) is 18.3. The van der Waals surface area contributed by atoms with E-state index >= 15 is 0 Å². The van der Waals surface area contributed by atoms with Gasteiger partial charge in [0.2, 0.25) is 9.84 Å². The third kappa shape index (κ3) is 5.33. The Morgan fingerprint density at radius 2 is 1.86 bits per heavy atom. The van der Waals surface area contributed by atoms with E-state index in [9.17, 15) is 17.6 Å². The molecule has 0 radical (unpaired) electrons.